The molecule has 2 rings (SSSR count). The van der Waals surface area contributed by atoms with Crippen LogP contribution in [0.15, 0.2) is 17.5 Å². The van der Waals surface area contributed by atoms with Crippen molar-refractivity contribution in [1.82, 2.24) is 10.2 Å². The molecule has 0 radical (unpaired) electrons. The smallest absolute Gasteiger partial charge is 0.222 e. The molecule has 2 atom stereocenters. The highest BCUT2D eigenvalue weighted by molar-refractivity contribution is 7.09. The molecule has 24 heavy (non-hydrogen) atoms. The first kappa shape index (κ1) is 18.9. The van der Waals surface area contributed by atoms with Crippen LogP contribution in [0.1, 0.15) is 44.4 Å². The van der Waals surface area contributed by atoms with Gasteiger partial charge < -0.3 is 10.2 Å². The number of carbonyl (C=O) groups excluding carboxylic acids is 2. The molecule has 2 amide bonds. The fourth-order valence-electron chi connectivity index (χ4n) is 3.05. The van der Waals surface area contributed by atoms with Crippen LogP contribution in [-0.4, -0.2) is 42.0 Å². The summed E-state index contributed by atoms with van der Waals surface area (Å²) in [6.45, 7) is 4.47. The summed E-state index contributed by atoms with van der Waals surface area (Å²) in [5, 5.41) is 4.87. The van der Waals surface area contributed by atoms with E-state index in [-0.39, 0.29) is 30.3 Å². The van der Waals surface area contributed by atoms with E-state index in [4.69, 9.17) is 0 Å². The summed E-state index contributed by atoms with van der Waals surface area (Å²) < 4.78 is 13.8. The van der Waals surface area contributed by atoms with Crippen molar-refractivity contribution >= 4 is 23.2 Å². The van der Waals surface area contributed by atoms with Gasteiger partial charge in [-0.15, -0.1) is 11.3 Å². The molecule has 1 aliphatic heterocycles. The maximum atomic E-state index is 13.8. The summed E-state index contributed by atoms with van der Waals surface area (Å²) in [6, 6.07) is 3.85. The second-order valence-electron chi connectivity index (χ2n) is 6.87. The van der Waals surface area contributed by atoms with Gasteiger partial charge in [-0.3, -0.25) is 9.59 Å². The van der Waals surface area contributed by atoms with Crippen molar-refractivity contribution in [3.63, 3.8) is 0 Å². The van der Waals surface area contributed by atoms with Gasteiger partial charge in [0.2, 0.25) is 11.8 Å². The van der Waals surface area contributed by atoms with Crippen LogP contribution in [0, 0.1) is 5.92 Å². The van der Waals surface area contributed by atoms with Crippen LogP contribution in [0.2, 0.25) is 0 Å². The van der Waals surface area contributed by atoms with Gasteiger partial charge in [0, 0.05) is 30.7 Å². The molecule has 1 aromatic heterocycles. The second kappa shape index (κ2) is 9.16. The predicted octanol–water partition coefficient (Wildman–Crippen LogP) is 3.17. The SMILES string of the molecule is CC(C)CC(=O)NC[C@@H]1C[C@H](F)CN1C(=O)CCCc1cccs1. The number of amides is 2. The monoisotopic (exact) mass is 354 g/mol. The van der Waals surface area contributed by atoms with Gasteiger partial charge in [0.1, 0.15) is 6.17 Å². The van der Waals surface area contributed by atoms with E-state index >= 15 is 0 Å². The standard InChI is InChI=1S/C18H27FN2O2S/c1-13(2)9-17(22)20-11-15-10-14(19)12-21(15)18(23)7-3-5-16-6-4-8-24-16/h4,6,8,13-15H,3,5,7,9-12H2,1-2H3,(H,20,22)/t14-,15-/m0/s1. The molecular weight excluding hydrogens is 327 g/mol. The van der Waals surface area contributed by atoms with Gasteiger partial charge >= 0.3 is 0 Å². The minimum atomic E-state index is -0.988. The van der Waals surface area contributed by atoms with E-state index in [1.807, 2.05) is 25.3 Å². The van der Waals surface area contributed by atoms with Gasteiger partial charge in [-0.1, -0.05) is 19.9 Å². The number of nitrogens with zero attached hydrogens (tertiary/aromatic N) is 1. The lowest BCUT2D eigenvalue weighted by molar-refractivity contribution is -0.133. The molecule has 134 valence electrons. The Bertz CT molecular complexity index is 533. The van der Waals surface area contributed by atoms with E-state index in [1.165, 1.54) is 4.88 Å². The molecular formula is C18H27FN2O2S. The molecule has 1 saturated heterocycles. The zero-order chi connectivity index (χ0) is 17.5. The predicted molar refractivity (Wildman–Crippen MR) is 94.7 cm³/mol. The van der Waals surface area contributed by atoms with Crippen LogP contribution >= 0.6 is 11.3 Å². The van der Waals surface area contributed by atoms with Crippen LogP contribution < -0.4 is 5.32 Å². The third-order valence-corrected chi connectivity index (χ3v) is 5.14. The molecule has 2 heterocycles. The molecule has 0 unspecified atom stereocenters. The molecule has 0 aromatic carbocycles. The zero-order valence-electron chi connectivity index (χ0n) is 14.5. The van der Waals surface area contributed by atoms with Crippen molar-refractivity contribution in [2.45, 2.75) is 58.2 Å². The Kier molecular flexibility index (Phi) is 7.21. The summed E-state index contributed by atoms with van der Waals surface area (Å²) in [4.78, 5) is 27.1. The second-order valence-corrected chi connectivity index (χ2v) is 7.90. The number of aryl methyl sites for hydroxylation is 1. The average Bonchev–Trinajstić information content (AvgIpc) is 3.13. The van der Waals surface area contributed by atoms with E-state index in [0.717, 1.165) is 12.8 Å². The summed E-state index contributed by atoms with van der Waals surface area (Å²) >= 11 is 1.69. The molecule has 0 saturated carbocycles. The third-order valence-electron chi connectivity index (χ3n) is 4.21. The van der Waals surface area contributed by atoms with Crippen LogP contribution in [-0.2, 0) is 16.0 Å². The molecule has 0 aliphatic carbocycles. The topological polar surface area (TPSA) is 49.4 Å². The van der Waals surface area contributed by atoms with Crippen LogP contribution in [0.5, 0.6) is 0 Å². The first-order chi connectivity index (χ1) is 11.5. The van der Waals surface area contributed by atoms with E-state index in [2.05, 4.69) is 11.4 Å². The fraction of sp³-hybridized carbons (Fsp3) is 0.667. The van der Waals surface area contributed by atoms with Gasteiger partial charge in [0.25, 0.3) is 0 Å². The number of likely N-dealkylation sites (tertiary alicyclic amines) is 1. The largest absolute Gasteiger partial charge is 0.354 e. The lowest BCUT2D eigenvalue weighted by Gasteiger charge is -2.24. The molecule has 0 bridgehead atoms. The quantitative estimate of drug-likeness (QED) is 0.779. The number of carbonyl (C=O) groups is 2. The molecule has 1 aliphatic rings. The molecule has 0 spiro atoms. The zero-order valence-corrected chi connectivity index (χ0v) is 15.3. The lowest BCUT2D eigenvalue weighted by Crippen LogP contribution is -2.43. The van der Waals surface area contributed by atoms with Crippen molar-refractivity contribution in [2.75, 3.05) is 13.1 Å². The Morgan fingerprint density at radius 3 is 2.92 bits per heavy atom. The van der Waals surface area contributed by atoms with Gasteiger partial charge in [-0.25, -0.2) is 4.39 Å². The summed E-state index contributed by atoms with van der Waals surface area (Å²) in [7, 11) is 0. The Morgan fingerprint density at radius 1 is 1.46 bits per heavy atom. The highest BCUT2D eigenvalue weighted by Crippen LogP contribution is 2.22. The minimum absolute atomic E-state index is 0.00480. The number of nitrogens with one attached hydrogen (secondary N) is 1. The Hall–Kier alpha value is -1.43. The minimum Gasteiger partial charge on any atom is -0.354 e. The molecule has 6 heteroatoms. The van der Waals surface area contributed by atoms with Crippen LogP contribution in [0.25, 0.3) is 0 Å². The molecule has 1 fully saturated rings. The highest BCUT2D eigenvalue weighted by atomic mass is 32.1. The Balaban J connectivity index is 1.77. The maximum absolute atomic E-state index is 13.8. The molecule has 4 nitrogen and oxygen atoms in total. The third kappa shape index (κ3) is 5.89. The number of halogens is 1. The lowest BCUT2D eigenvalue weighted by atomic mass is 10.1. The fourth-order valence-corrected chi connectivity index (χ4v) is 3.80. The highest BCUT2D eigenvalue weighted by Gasteiger charge is 2.34. The van der Waals surface area contributed by atoms with Crippen molar-refractivity contribution in [1.29, 1.82) is 0 Å². The number of rotatable bonds is 8. The summed E-state index contributed by atoms with van der Waals surface area (Å²) in [5.41, 5.74) is 0. The van der Waals surface area contributed by atoms with Crippen molar-refractivity contribution < 1.29 is 14.0 Å². The normalized spacial score (nSPS) is 20.6. The van der Waals surface area contributed by atoms with Crippen LogP contribution in [0.4, 0.5) is 4.39 Å². The molecule has 1 N–H and O–H groups in total. The van der Waals surface area contributed by atoms with E-state index in [0.29, 0.717) is 25.8 Å². The van der Waals surface area contributed by atoms with Crippen LogP contribution in [0.3, 0.4) is 0 Å². The van der Waals surface area contributed by atoms with E-state index in [1.54, 1.807) is 16.2 Å². The summed E-state index contributed by atoms with van der Waals surface area (Å²) in [5.74, 6) is 0.254. The Morgan fingerprint density at radius 2 is 2.25 bits per heavy atom. The maximum Gasteiger partial charge on any atom is 0.222 e. The first-order valence-corrected chi connectivity index (χ1v) is 9.56. The molecule has 1 aromatic rings. The number of hydrogen-bond acceptors (Lipinski definition) is 3. The van der Waals surface area contributed by atoms with Gasteiger partial charge in [-0.05, 0) is 30.2 Å². The summed E-state index contributed by atoms with van der Waals surface area (Å²) in [6.07, 6.45) is 1.88. The van der Waals surface area contributed by atoms with E-state index < -0.39 is 6.17 Å². The van der Waals surface area contributed by atoms with Crippen molar-refractivity contribution in [3.05, 3.63) is 22.4 Å². The van der Waals surface area contributed by atoms with Gasteiger partial charge in [-0.2, -0.15) is 0 Å². The Labute approximate surface area is 147 Å². The number of hydrogen-bond donors (Lipinski definition) is 1. The van der Waals surface area contributed by atoms with E-state index in [9.17, 15) is 14.0 Å². The number of thiophene rings is 1. The first-order valence-electron chi connectivity index (χ1n) is 8.68. The number of alkyl halides is 1. The van der Waals surface area contributed by atoms with Crippen molar-refractivity contribution in [2.24, 2.45) is 5.92 Å². The van der Waals surface area contributed by atoms with Crippen molar-refractivity contribution in [3.8, 4) is 0 Å². The van der Waals surface area contributed by atoms with Gasteiger partial charge in [0.15, 0.2) is 0 Å². The van der Waals surface area contributed by atoms with Gasteiger partial charge in [0.05, 0.1) is 12.6 Å². The average molecular weight is 354 g/mol.